The molecule has 2 fully saturated rings. The summed E-state index contributed by atoms with van der Waals surface area (Å²) in [5, 5.41) is 3.80. The van der Waals surface area contributed by atoms with E-state index in [1.165, 1.54) is 0 Å². The smallest absolute Gasteiger partial charge is 0.249 e. The molecule has 1 aromatic rings. The molecule has 0 spiro atoms. The van der Waals surface area contributed by atoms with E-state index in [2.05, 4.69) is 10.1 Å². The fraction of sp³-hybridized carbons (Fsp3) is 0.647. The molecule has 0 aliphatic carbocycles. The molecule has 3 rings (SSSR count). The number of hydrogen-bond acceptors (Lipinski definition) is 5. The molecule has 2 aliphatic rings. The van der Waals surface area contributed by atoms with Crippen LogP contribution >= 0.6 is 0 Å². The van der Waals surface area contributed by atoms with Gasteiger partial charge in [-0.1, -0.05) is 17.7 Å². The molecule has 2 aliphatic heterocycles. The molecule has 0 saturated carbocycles. The van der Waals surface area contributed by atoms with Crippen LogP contribution in [0.2, 0.25) is 0 Å². The normalized spacial score (nSPS) is 22.7. The SMILES string of the molecule is CC/C(C)=C(\C)C(=O)N1CC(N2CC(c3nc(C)no3)CC2=O)C1. The van der Waals surface area contributed by atoms with Gasteiger partial charge in [0.2, 0.25) is 17.7 Å². The van der Waals surface area contributed by atoms with Gasteiger partial charge in [-0.3, -0.25) is 9.59 Å². The van der Waals surface area contributed by atoms with Crippen LogP contribution < -0.4 is 0 Å². The van der Waals surface area contributed by atoms with Crippen molar-refractivity contribution >= 4 is 11.8 Å². The van der Waals surface area contributed by atoms with Crippen molar-refractivity contribution in [1.82, 2.24) is 19.9 Å². The standard InChI is InChI=1S/C17H24N4O3/c1-5-10(2)11(3)17(23)20-8-14(9-20)21-7-13(6-15(21)22)16-18-12(4)19-24-16/h13-14H,5-9H2,1-4H3/b11-10+. The molecule has 0 aromatic carbocycles. The topological polar surface area (TPSA) is 79.5 Å². The molecule has 0 radical (unpaired) electrons. The predicted molar refractivity (Wildman–Crippen MR) is 87.1 cm³/mol. The highest BCUT2D eigenvalue weighted by Crippen LogP contribution is 2.31. The lowest BCUT2D eigenvalue weighted by atomic mass is 10.0. The Labute approximate surface area is 141 Å². The average Bonchev–Trinajstić information content (AvgIpc) is 3.10. The number of nitrogens with zero attached hydrogens (tertiary/aromatic N) is 4. The van der Waals surface area contributed by atoms with Crippen molar-refractivity contribution in [3.05, 3.63) is 22.9 Å². The first-order chi connectivity index (χ1) is 11.4. The van der Waals surface area contributed by atoms with Crippen LogP contribution in [0, 0.1) is 6.92 Å². The number of rotatable bonds is 4. The Morgan fingerprint density at radius 1 is 1.29 bits per heavy atom. The van der Waals surface area contributed by atoms with Crippen LogP contribution in [0.5, 0.6) is 0 Å². The molecule has 130 valence electrons. The van der Waals surface area contributed by atoms with Gasteiger partial charge in [0.1, 0.15) is 0 Å². The fourth-order valence-corrected chi connectivity index (χ4v) is 3.23. The molecule has 0 N–H and O–H groups in total. The molecule has 1 atom stereocenters. The fourth-order valence-electron chi connectivity index (χ4n) is 3.23. The molecular formula is C17H24N4O3. The number of carbonyl (C=O) groups excluding carboxylic acids is 2. The third-order valence-electron chi connectivity index (χ3n) is 5.13. The second kappa shape index (κ2) is 6.37. The zero-order valence-electron chi connectivity index (χ0n) is 14.7. The highest BCUT2D eigenvalue weighted by atomic mass is 16.5. The van der Waals surface area contributed by atoms with Gasteiger partial charge in [-0.2, -0.15) is 4.98 Å². The molecule has 2 saturated heterocycles. The summed E-state index contributed by atoms with van der Waals surface area (Å²) in [6.07, 6.45) is 1.28. The van der Waals surface area contributed by atoms with Gasteiger partial charge in [-0.25, -0.2) is 0 Å². The van der Waals surface area contributed by atoms with Crippen LogP contribution in [-0.4, -0.2) is 57.4 Å². The minimum atomic E-state index is -0.0348. The Kier molecular flexibility index (Phi) is 4.43. The first-order valence-electron chi connectivity index (χ1n) is 8.46. The van der Waals surface area contributed by atoms with Gasteiger partial charge in [0.25, 0.3) is 0 Å². The summed E-state index contributed by atoms with van der Waals surface area (Å²) in [5.74, 6) is 1.27. The van der Waals surface area contributed by atoms with E-state index in [1.54, 1.807) is 6.92 Å². The van der Waals surface area contributed by atoms with Gasteiger partial charge >= 0.3 is 0 Å². The number of aryl methyl sites for hydroxylation is 1. The number of likely N-dealkylation sites (tertiary alicyclic amines) is 2. The van der Waals surface area contributed by atoms with Crippen molar-refractivity contribution in [1.29, 1.82) is 0 Å². The van der Waals surface area contributed by atoms with Crippen molar-refractivity contribution in [2.24, 2.45) is 0 Å². The molecule has 7 heteroatoms. The Morgan fingerprint density at radius 2 is 2.00 bits per heavy atom. The Morgan fingerprint density at radius 3 is 2.58 bits per heavy atom. The summed E-state index contributed by atoms with van der Waals surface area (Å²) in [6, 6.07) is 0.102. The highest BCUT2D eigenvalue weighted by Gasteiger charge is 2.43. The first-order valence-corrected chi connectivity index (χ1v) is 8.46. The Balaban J connectivity index is 1.58. The summed E-state index contributed by atoms with van der Waals surface area (Å²) in [6.45, 7) is 9.49. The lowest BCUT2D eigenvalue weighted by molar-refractivity contribution is -0.141. The third-order valence-corrected chi connectivity index (χ3v) is 5.13. The van der Waals surface area contributed by atoms with E-state index < -0.39 is 0 Å². The van der Waals surface area contributed by atoms with Crippen LogP contribution in [0.4, 0.5) is 0 Å². The lowest BCUT2D eigenvalue weighted by Crippen LogP contribution is -2.61. The molecule has 7 nitrogen and oxygen atoms in total. The number of allylic oxidation sites excluding steroid dienone is 1. The minimum absolute atomic E-state index is 0.0348. The first kappa shape index (κ1) is 16.7. The minimum Gasteiger partial charge on any atom is -0.339 e. The second-order valence-electron chi connectivity index (χ2n) is 6.75. The lowest BCUT2D eigenvalue weighted by Gasteiger charge is -2.44. The van der Waals surface area contributed by atoms with Gasteiger partial charge < -0.3 is 14.3 Å². The number of aromatic nitrogens is 2. The highest BCUT2D eigenvalue weighted by molar-refractivity contribution is 5.94. The van der Waals surface area contributed by atoms with E-state index in [4.69, 9.17) is 4.52 Å². The van der Waals surface area contributed by atoms with Crippen LogP contribution in [0.1, 0.15) is 51.2 Å². The summed E-state index contributed by atoms with van der Waals surface area (Å²) >= 11 is 0. The van der Waals surface area contributed by atoms with E-state index in [9.17, 15) is 9.59 Å². The molecule has 2 amide bonds. The molecule has 24 heavy (non-hydrogen) atoms. The summed E-state index contributed by atoms with van der Waals surface area (Å²) in [7, 11) is 0. The van der Waals surface area contributed by atoms with Gasteiger partial charge in [0.05, 0.1) is 12.0 Å². The van der Waals surface area contributed by atoms with Crippen molar-refractivity contribution in [2.75, 3.05) is 19.6 Å². The van der Waals surface area contributed by atoms with Crippen LogP contribution in [0.25, 0.3) is 0 Å². The molecule has 1 unspecified atom stereocenters. The van der Waals surface area contributed by atoms with Crippen molar-refractivity contribution < 1.29 is 14.1 Å². The van der Waals surface area contributed by atoms with E-state index in [1.807, 2.05) is 30.6 Å². The van der Waals surface area contributed by atoms with Gasteiger partial charge in [0, 0.05) is 31.6 Å². The van der Waals surface area contributed by atoms with Gasteiger partial charge in [0.15, 0.2) is 5.82 Å². The van der Waals surface area contributed by atoms with Crippen molar-refractivity contribution in [3.8, 4) is 0 Å². The number of amides is 2. The van der Waals surface area contributed by atoms with Crippen LogP contribution in [0.15, 0.2) is 15.7 Å². The van der Waals surface area contributed by atoms with E-state index >= 15 is 0 Å². The zero-order valence-corrected chi connectivity index (χ0v) is 14.7. The average molecular weight is 332 g/mol. The maximum absolute atomic E-state index is 12.4. The summed E-state index contributed by atoms with van der Waals surface area (Å²) < 4.78 is 5.20. The van der Waals surface area contributed by atoms with Gasteiger partial charge in [-0.15, -0.1) is 0 Å². The maximum Gasteiger partial charge on any atom is 0.249 e. The van der Waals surface area contributed by atoms with Crippen molar-refractivity contribution in [3.63, 3.8) is 0 Å². The van der Waals surface area contributed by atoms with Crippen LogP contribution in [-0.2, 0) is 9.59 Å². The van der Waals surface area contributed by atoms with Crippen LogP contribution in [0.3, 0.4) is 0 Å². The van der Waals surface area contributed by atoms with E-state index in [-0.39, 0.29) is 23.8 Å². The van der Waals surface area contributed by atoms with E-state index in [0.717, 1.165) is 17.6 Å². The Hall–Kier alpha value is -2.18. The maximum atomic E-state index is 12.4. The van der Waals surface area contributed by atoms with E-state index in [0.29, 0.717) is 37.8 Å². The molecule has 0 bridgehead atoms. The number of hydrogen-bond donors (Lipinski definition) is 0. The monoisotopic (exact) mass is 332 g/mol. The molecule has 3 heterocycles. The predicted octanol–water partition coefficient (Wildman–Crippen LogP) is 1.65. The summed E-state index contributed by atoms with van der Waals surface area (Å²) in [5.41, 5.74) is 1.94. The number of carbonyl (C=O) groups is 2. The zero-order chi connectivity index (χ0) is 17.4. The summed E-state index contributed by atoms with van der Waals surface area (Å²) in [4.78, 5) is 32.6. The van der Waals surface area contributed by atoms with Crippen molar-refractivity contribution in [2.45, 2.75) is 52.5 Å². The van der Waals surface area contributed by atoms with Gasteiger partial charge in [-0.05, 0) is 27.2 Å². The molecule has 1 aromatic heterocycles. The third kappa shape index (κ3) is 2.95. The quantitative estimate of drug-likeness (QED) is 0.783. The second-order valence-corrected chi connectivity index (χ2v) is 6.75. The largest absolute Gasteiger partial charge is 0.339 e. The Bertz CT molecular complexity index is 688. The molecular weight excluding hydrogens is 308 g/mol.